The molecule has 0 bridgehead atoms. The fraction of sp³-hybridized carbons (Fsp3) is 0.600. The van der Waals surface area contributed by atoms with Gasteiger partial charge in [0.1, 0.15) is 0 Å². The van der Waals surface area contributed by atoms with E-state index in [9.17, 15) is 0 Å². The minimum absolute atomic E-state index is 0.194. The van der Waals surface area contributed by atoms with E-state index in [4.69, 9.17) is 5.73 Å². The second-order valence-electron chi connectivity index (χ2n) is 5.76. The molecule has 1 aromatic rings. The van der Waals surface area contributed by atoms with E-state index in [0.29, 0.717) is 0 Å². The van der Waals surface area contributed by atoms with Crippen LogP contribution in [0.15, 0.2) is 24.3 Å². The molecular weight excluding hydrogens is 222 g/mol. The molecule has 2 aliphatic rings. The van der Waals surface area contributed by atoms with Crippen LogP contribution in [-0.2, 0) is 6.42 Å². The molecule has 1 aromatic carbocycles. The van der Waals surface area contributed by atoms with E-state index in [-0.39, 0.29) is 5.54 Å². The number of para-hydroxylation sites is 1. The summed E-state index contributed by atoms with van der Waals surface area (Å²) < 4.78 is 0. The van der Waals surface area contributed by atoms with Crippen LogP contribution in [0.5, 0.6) is 0 Å². The van der Waals surface area contributed by atoms with Crippen LogP contribution in [-0.4, -0.2) is 43.7 Å². The Morgan fingerprint density at radius 2 is 1.89 bits per heavy atom. The summed E-state index contributed by atoms with van der Waals surface area (Å²) in [6.45, 7) is 4.24. The number of hydrogen-bond acceptors (Lipinski definition) is 3. The smallest absolute Gasteiger partial charge is 0.0548 e. The van der Waals surface area contributed by atoms with E-state index in [1.165, 1.54) is 30.5 Å². The van der Waals surface area contributed by atoms with Gasteiger partial charge in [0.15, 0.2) is 0 Å². The number of hydrogen-bond donors (Lipinski definition) is 1. The first-order valence-corrected chi connectivity index (χ1v) is 6.99. The molecule has 0 amide bonds. The summed E-state index contributed by atoms with van der Waals surface area (Å²) in [7, 11) is 2.21. The molecule has 2 N–H and O–H groups in total. The van der Waals surface area contributed by atoms with Crippen molar-refractivity contribution in [3.8, 4) is 0 Å². The Morgan fingerprint density at radius 1 is 1.17 bits per heavy atom. The highest BCUT2D eigenvalue weighted by Gasteiger charge is 2.40. The number of nitrogens with zero attached hydrogens (tertiary/aromatic N) is 2. The second-order valence-corrected chi connectivity index (χ2v) is 5.76. The zero-order valence-corrected chi connectivity index (χ0v) is 11.2. The van der Waals surface area contributed by atoms with Gasteiger partial charge in [-0.05, 0) is 37.9 Å². The van der Waals surface area contributed by atoms with Crippen molar-refractivity contribution >= 4 is 5.69 Å². The van der Waals surface area contributed by atoms with Crippen LogP contribution >= 0.6 is 0 Å². The number of fused-ring (bicyclic) bond motifs is 1. The van der Waals surface area contributed by atoms with Gasteiger partial charge in [0.2, 0.25) is 0 Å². The van der Waals surface area contributed by atoms with Gasteiger partial charge in [0.05, 0.1) is 5.54 Å². The quantitative estimate of drug-likeness (QED) is 0.856. The lowest BCUT2D eigenvalue weighted by Gasteiger charge is -2.47. The molecule has 2 heterocycles. The van der Waals surface area contributed by atoms with Gasteiger partial charge in [0.25, 0.3) is 0 Å². The zero-order valence-electron chi connectivity index (χ0n) is 11.2. The van der Waals surface area contributed by atoms with Gasteiger partial charge in [-0.2, -0.15) is 0 Å². The summed E-state index contributed by atoms with van der Waals surface area (Å²) in [6, 6.07) is 8.81. The SMILES string of the molecule is CN1CCC(CN)(N2CCc3ccccc32)CC1. The van der Waals surface area contributed by atoms with Crippen LogP contribution in [0.3, 0.4) is 0 Å². The number of nitrogens with two attached hydrogens (primary N) is 1. The van der Waals surface area contributed by atoms with Crippen molar-refractivity contribution in [3.05, 3.63) is 29.8 Å². The predicted molar refractivity (Wildman–Crippen MR) is 76.0 cm³/mol. The highest BCUT2D eigenvalue weighted by atomic mass is 15.3. The standard InChI is InChI=1S/C15H23N3/c1-17-10-7-15(12-16,8-11-17)18-9-6-13-4-2-3-5-14(13)18/h2-5H,6-12,16H2,1H3. The molecule has 0 aromatic heterocycles. The maximum atomic E-state index is 6.16. The number of anilines is 1. The van der Waals surface area contributed by atoms with E-state index < -0.39 is 0 Å². The highest BCUT2D eigenvalue weighted by molar-refractivity contribution is 5.60. The molecule has 98 valence electrons. The Hall–Kier alpha value is -1.06. The van der Waals surface area contributed by atoms with Crippen LogP contribution in [0.4, 0.5) is 5.69 Å². The van der Waals surface area contributed by atoms with Crippen LogP contribution in [0.25, 0.3) is 0 Å². The van der Waals surface area contributed by atoms with Crippen LogP contribution in [0.2, 0.25) is 0 Å². The maximum Gasteiger partial charge on any atom is 0.0548 e. The Balaban J connectivity index is 1.90. The van der Waals surface area contributed by atoms with E-state index in [2.05, 4.69) is 41.1 Å². The number of benzene rings is 1. The first kappa shape index (κ1) is 12.0. The monoisotopic (exact) mass is 245 g/mol. The topological polar surface area (TPSA) is 32.5 Å². The summed E-state index contributed by atoms with van der Waals surface area (Å²) in [5.41, 5.74) is 9.27. The lowest BCUT2D eigenvalue weighted by atomic mass is 9.85. The van der Waals surface area contributed by atoms with Crippen LogP contribution in [0.1, 0.15) is 18.4 Å². The van der Waals surface area contributed by atoms with E-state index >= 15 is 0 Å². The van der Waals surface area contributed by atoms with Crippen molar-refractivity contribution in [1.82, 2.24) is 4.90 Å². The Bertz CT molecular complexity index is 422. The van der Waals surface area contributed by atoms with Crippen molar-refractivity contribution < 1.29 is 0 Å². The van der Waals surface area contributed by atoms with Gasteiger partial charge in [-0.3, -0.25) is 0 Å². The molecule has 1 fully saturated rings. The largest absolute Gasteiger partial charge is 0.364 e. The molecular formula is C15H23N3. The molecule has 1 saturated heterocycles. The summed E-state index contributed by atoms with van der Waals surface area (Å²) in [5.74, 6) is 0. The summed E-state index contributed by atoms with van der Waals surface area (Å²) in [6.07, 6.45) is 3.55. The minimum atomic E-state index is 0.194. The van der Waals surface area contributed by atoms with Gasteiger partial charge < -0.3 is 15.5 Å². The lowest BCUT2D eigenvalue weighted by molar-refractivity contribution is 0.187. The fourth-order valence-corrected chi connectivity index (χ4v) is 3.45. The molecule has 0 radical (unpaired) electrons. The summed E-state index contributed by atoms with van der Waals surface area (Å²) in [5, 5.41) is 0. The van der Waals surface area contributed by atoms with Crippen LogP contribution < -0.4 is 10.6 Å². The molecule has 0 saturated carbocycles. The zero-order chi connectivity index (χ0) is 12.6. The minimum Gasteiger partial charge on any atom is -0.364 e. The van der Waals surface area contributed by atoms with Gasteiger partial charge in [0, 0.05) is 31.9 Å². The highest BCUT2D eigenvalue weighted by Crippen LogP contribution is 2.38. The summed E-state index contributed by atoms with van der Waals surface area (Å²) in [4.78, 5) is 5.01. The lowest BCUT2D eigenvalue weighted by Crippen LogP contribution is -2.58. The van der Waals surface area contributed by atoms with Crippen molar-refractivity contribution in [1.29, 1.82) is 0 Å². The average Bonchev–Trinajstić information content (AvgIpc) is 2.85. The van der Waals surface area contributed by atoms with Gasteiger partial charge in [-0.25, -0.2) is 0 Å². The van der Waals surface area contributed by atoms with Crippen LogP contribution in [0, 0.1) is 0 Å². The van der Waals surface area contributed by atoms with Gasteiger partial charge in [-0.1, -0.05) is 18.2 Å². The molecule has 0 unspecified atom stereocenters. The Kier molecular flexibility index (Phi) is 3.04. The molecule has 3 rings (SSSR count). The normalized spacial score (nSPS) is 23.1. The van der Waals surface area contributed by atoms with E-state index in [0.717, 1.165) is 26.2 Å². The number of rotatable bonds is 2. The molecule has 0 atom stereocenters. The predicted octanol–water partition coefficient (Wildman–Crippen LogP) is 1.47. The molecule has 0 aliphatic carbocycles. The van der Waals surface area contributed by atoms with Crippen molar-refractivity contribution in [2.24, 2.45) is 5.73 Å². The molecule has 0 spiro atoms. The van der Waals surface area contributed by atoms with Crippen molar-refractivity contribution in [2.75, 3.05) is 38.1 Å². The van der Waals surface area contributed by atoms with Gasteiger partial charge >= 0.3 is 0 Å². The first-order chi connectivity index (χ1) is 8.75. The fourth-order valence-electron chi connectivity index (χ4n) is 3.45. The third-order valence-corrected chi connectivity index (χ3v) is 4.76. The molecule has 2 aliphatic heterocycles. The first-order valence-electron chi connectivity index (χ1n) is 6.99. The Morgan fingerprint density at radius 3 is 2.61 bits per heavy atom. The molecule has 3 heteroatoms. The third kappa shape index (κ3) is 1.82. The average molecular weight is 245 g/mol. The Labute approximate surface area is 110 Å². The van der Waals surface area contributed by atoms with Crippen molar-refractivity contribution in [2.45, 2.75) is 24.8 Å². The summed E-state index contributed by atoms with van der Waals surface area (Å²) >= 11 is 0. The van der Waals surface area contributed by atoms with Gasteiger partial charge in [-0.15, -0.1) is 0 Å². The number of likely N-dealkylation sites (tertiary alicyclic amines) is 1. The second kappa shape index (κ2) is 4.56. The van der Waals surface area contributed by atoms with E-state index in [1.807, 2.05) is 0 Å². The molecule has 3 nitrogen and oxygen atoms in total. The third-order valence-electron chi connectivity index (χ3n) is 4.76. The van der Waals surface area contributed by atoms with Crippen molar-refractivity contribution in [3.63, 3.8) is 0 Å². The number of piperidine rings is 1. The molecule has 18 heavy (non-hydrogen) atoms. The maximum absolute atomic E-state index is 6.16. The van der Waals surface area contributed by atoms with E-state index in [1.54, 1.807) is 0 Å².